The number of carbonyl (C=O) groups excluding carboxylic acids is 2. The van der Waals surface area contributed by atoms with Gasteiger partial charge in [-0.15, -0.1) is 0 Å². The molecule has 0 heterocycles. The minimum Gasteiger partial charge on any atom is -0.326 e. The van der Waals surface area contributed by atoms with Crippen molar-refractivity contribution in [2.24, 2.45) is 35.5 Å². The number of carbonyl (C=O) groups is 2. The smallest absolute Gasteiger partial charge is 0.228 e. The molecule has 1 aromatic rings. The molecule has 5 rings (SSSR count). The van der Waals surface area contributed by atoms with Crippen molar-refractivity contribution in [3.63, 3.8) is 0 Å². The summed E-state index contributed by atoms with van der Waals surface area (Å²) in [4.78, 5) is 24.9. The standard InChI is InChI=1S/C22H28N2O2/c25-21(19-15-5-1-2-6-16(15)19)23-13-9-11-14(12-10-13)24-22(26)20-17-7-3-4-8-18(17)20/h9-12,15-20H,1-8H2,(H,23,25)(H,24,26). The molecule has 1 aromatic carbocycles. The van der Waals surface area contributed by atoms with Crippen molar-refractivity contribution in [2.45, 2.75) is 51.4 Å². The first-order chi connectivity index (χ1) is 12.7. The van der Waals surface area contributed by atoms with Gasteiger partial charge in [0.1, 0.15) is 0 Å². The highest BCUT2D eigenvalue weighted by atomic mass is 16.2. The highest BCUT2D eigenvalue weighted by molar-refractivity contribution is 5.96. The van der Waals surface area contributed by atoms with Crippen LogP contribution in [0.15, 0.2) is 24.3 Å². The Morgan fingerprint density at radius 3 is 1.23 bits per heavy atom. The van der Waals surface area contributed by atoms with Gasteiger partial charge in [-0.1, -0.05) is 25.7 Å². The molecule has 138 valence electrons. The predicted molar refractivity (Wildman–Crippen MR) is 102 cm³/mol. The molecule has 26 heavy (non-hydrogen) atoms. The van der Waals surface area contributed by atoms with Gasteiger partial charge in [0.2, 0.25) is 11.8 Å². The van der Waals surface area contributed by atoms with Gasteiger partial charge in [0, 0.05) is 23.2 Å². The molecule has 0 bridgehead atoms. The van der Waals surface area contributed by atoms with E-state index >= 15 is 0 Å². The van der Waals surface area contributed by atoms with Crippen LogP contribution >= 0.6 is 0 Å². The summed E-state index contributed by atoms with van der Waals surface area (Å²) < 4.78 is 0. The first kappa shape index (κ1) is 16.3. The highest BCUT2D eigenvalue weighted by Crippen LogP contribution is 2.56. The van der Waals surface area contributed by atoms with Crippen LogP contribution < -0.4 is 10.6 Å². The van der Waals surface area contributed by atoms with Crippen molar-refractivity contribution >= 4 is 23.2 Å². The van der Waals surface area contributed by atoms with Crippen LogP contribution in [0.4, 0.5) is 11.4 Å². The lowest BCUT2D eigenvalue weighted by Gasteiger charge is -2.08. The second-order valence-electron chi connectivity index (χ2n) is 8.83. The van der Waals surface area contributed by atoms with Gasteiger partial charge in [0.25, 0.3) is 0 Å². The molecule has 2 amide bonds. The van der Waals surface area contributed by atoms with Crippen molar-refractivity contribution in [1.29, 1.82) is 0 Å². The van der Waals surface area contributed by atoms with Crippen LogP contribution in [0, 0.1) is 35.5 Å². The van der Waals surface area contributed by atoms with Gasteiger partial charge < -0.3 is 10.6 Å². The van der Waals surface area contributed by atoms with Crippen LogP contribution in [0.3, 0.4) is 0 Å². The van der Waals surface area contributed by atoms with Gasteiger partial charge in [-0.3, -0.25) is 9.59 Å². The maximum Gasteiger partial charge on any atom is 0.228 e. The lowest BCUT2D eigenvalue weighted by atomic mass is 10.0. The van der Waals surface area contributed by atoms with E-state index < -0.39 is 0 Å². The van der Waals surface area contributed by atoms with E-state index in [-0.39, 0.29) is 23.7 Å². The number of anilines is 2. The minimum atomic E-state index is 0.181. The molecule has 0 aliphatic heterocycles. The number of benzene rings is 1. The van der Waals surface area contributed by atoms with E-state index in [9.17, 15) is 9.59 Å². The van der Waals surface area contributed by atoms with Crippen molar-refractivity contribution in [3.8, 4) is 0 Å². The van der Waals surface area contributed by atoms with E-state index in [1.54, 1.807) is 0 Å². The van der Waals surface area contributed by atoms with Crippen molar-refractivity contribution in [2.75, 3.05) is 10.6 Å². The Bertz CT molecular complexity index is 628. The summed E-state index contributed by atoms with van der Waals surface area (Å²) in [6.45, 7) is 0. The summed E-state index contributed by atoms with van der Waals surface area (Å²) in [6.07, 6.45) is 10.00. The van der Waals surface area contributed by atoms with Crippen LogP contribution in [0.5, 0.6) is 0 Å². The zero-order chi connectivity index (χ0) is 17.7. The Labute approximate surface area is 155 Å². The van der Waals surface area contributed by atoms with Gasteiger partial charge in [0.05, 0.1) is 0 Å². The second-order valence-corrected chi connectivity index (χ2v) is 8.83. The van der Waals surface area contributed by atoms with E-state index in [1.807, 2.05) is 24.3 Å². The fourth-order valence-corrected chi connectivity index (χ4v) is 5.85. The zero-order valence-corrected chi connectivity index (χ0v) is 15.2. The first-order valence-corrected chi connectivity index (χ1v) is 10.4. The Balaban J connectivity index is 1.15. The third kappa shape index (κ3) is 2.93. The number of rotatable bonds is 4. The number of fused-ring (bicyclic) bond motifs is 2. The van der Waals surface area contributed by atoms with Gasteiger partial charge in [0.15, 0.2) is 0 Å². The predicted octanol–water partition coefficient (Wildman–Crippen LogP) is 4.44. The summed E-state index contributed by atoms with van der Waals surface area (Å²) in [5.74, 6) is 3.34. The molecule has 4 aliphatic carbocycles. The number of amides is 2. The van der Waals surface area contributed by atoms with Crippen molar-refractivity contribution in [3.05, 3.63) is 24.3 Å². The molecule has 4 aliphatic rings. The van der Waals surface area contributed by atoms with Crippen molar-refractivity contribution in [1.82, 2.24) is 0 Å². The summed E-state index contributed by atoms with van der Waals surface area (Å²) in [5, 5.41) is 6.13. The SMILES string of the molecule is O=C(Nc1ccc(NC(=O)C2C3CCCCC32)cc1)C1C2CCCCC21. The van der Waals surface area contributed by atoms with Crippen LogP contribution in [-0.4, -0.2) is 11.8 Å². The normalized spacial score (nSPS) is 37.1. The molecule has 4 heteroatoms. The molecule has 4 nitrogen and oxygen atoms in total. The highest BCUT2D eigenvalue weighted by Gasteiger charge is 2.55. The Hall–Kier alpha value is -1.84. The summed E-state index contributed by atoms with van der Waals surface area (Å²) in [5.41, 5.74) is 1.66. The Kier molecular flexibility index (Phi) is 4.02. The number of hydrogen-bond acceptors (Lipinski definition) is 2. The molecule has 2 N–H and O–H groups in total. The van der Waals surface area contributed by atoms with E-state index in [0.717, 1.165) is 11.4 Å². The largest absolute Gasteiger partial charge is 0.326 e. The van der Waals surface area contributed by atoms with Crippen LogP contribution in [0.25, 0.3) is 0 Å². The molecule has 4 unspecified atom stereocenters. The van der Waals surface area contributed by atoms with E-state index in [4.69, 9.17) is 0 Å². The molecule has 0 radical (unpaired) electrons. The fourth-order valence-electron chi connectivity index (χ4n) is 5.85. The van der Waals surface area contributed by atoms with Gasteiger partial charge >= 0.3 is 0 Å². The third-order valence-corrected chi connectivity index (χ3v) is 7.34. The maximum atomic E-state index is 12.5. The molecule has 4 fully saturated rings. The summed E-state index contributed by atoms with van der Waals surface area (Å²) >= 11 is 0. The van der Waals surface area contributed by atoms with Gasteiger partial charge in [-0.05, 0) is 73.6 Å². The molecule has 4 atom stereocenters. The molecule has 0 aromatic heterocycles. The topological polar surface area (TPSA) is 58.2 Å². The summed E-state index contributed by atoms with van der Waals surface area (Å²) in [6, 6.07) is 7.61. The monoisotopic (exact) mass is 352 g/mol. The van der Waals surface area contributed by atoms with E-state index in [1.165, 1.54) is 51.4 Å². The Morgan fingerprint density at radius 1 is 0.615 bits per heavy atom. The molecule has 4 saturated carbocycles. The minimum absolute atomic E-state index is 0.181. The number of nitrogens with one attached hydrogen (secondary N) is 2. The first-order valence-electron chi connectivity index (χ1n) is 10.4. The average molecular weight is 352 g/mol. The van der Waals surface area contributed by atoms with Crippen LogP contribution in [-0.2, 0) is 9.59 Å². The lowest BCUT2D eigenvalue weighted by Crippen LogP contribution is -2.16. The fraction of sp³-hybridized carbons (Fsp3) is 0.636. The molecule has 0 saturated heterocycles. The zero-order valence-electron chi connectivity index (χ0n) is 15.2. The quantitative estimate of drug-likeness (QED) is 0.842. The van der Waals surface area contributed by atoms with Gasteiger partial charge in [-0.25, -0.2) is 0 Å². The lowest BCUT2D eigenvalue weighted by molar-refractivity contribution is -0.118. The van der Waals surface area contributed by atoms with Crippen molar-refractivity contribution < 1.29 is 9.59 Å². The average Bonchev–Trinajstić information content (AvgIpc) is 3.55. The second kappa shape index (κ2) is 6.40. The van der Waals surface area contributed by atoms with E-state index in [0.29, 0.717) is 23.7 Å². The van der Waals surface area contributed by atoms with E-state index in [2.05, 4.69) is 10.6 Å². The Morgan fingerprint density at radius 2 is 0.923 bits per heavy atom. The third-order valence-electron chi connectivity index (χ3n) is 7.34. The van der Waals surface area contributed by atoms with Crippen LogP contribution in [0.2, 0.25) is 0 Å². The maximum absolute atomic E-state index is 12.5. The van der Waals surface area contributed by atoms with Crippen LogP contribution in [0.1, 0.15) is 51.4 Å². The molecule has 0 spiro atoms. The summed E-state index contributed by atoms with van der Waals surface area (Å²) in [7, 11) is 0. The molecular formula is C22H28N2O2. The number of hydrogen-bond donors (Lipinski definition) is 2. The van der Waals surface area contributed by atoms with Gasteiger partial charge in [-0.2, -0.15) is 0 Å². The molecular weight excluding hydrogens is 324 g/mol.